The van der Waals surface area contributed by atoms with E-state index in [0.29, 0.717) is 6.21 Å². The standard InChI is InChI=1S/C9H14N2O3Si/c1-6-9(2,3)14-15(4,5)13-8(12)7-11-10/h1,7H,2-5H3. The number of hydrogen-bond donors (Lipinski definition) is 0. The highest BCUT2D eigenvalue weighted by molar-refractivity contribution is 6.67. The fraction of sp³-hybridized carbons (Fsp3) is 0.556. The van der Waals surface area contributed by atoms with Gasteiger partial charge < -0.3 is 14.4 Å². The molecule has 15 heavy (non-hydrogen) atoms. The highest BCUT2D eigenvalue weighted by atomic mass is 28.4. The Labute approximate surface area is 90.3 Å². The maximum Gasteiger partial charge on any atom is 0.401 e. The van der Waals surface area contributed by atoms with Gasteiger partial charge in [-0.2, -0.15) is 4.79 Å². The van der Waals surface area contributed by atoms with Crippen molar-refractivity contribution in [3.63, 3.8) is 0 Å². The van der Waals surface area contributed by atoms with Crippen molar-refractivity contribution in [2.75, 3.05) is 0 Å². The second kappa shape index (κ2) is 4.89. The first kappa shape index (κ1) is 13.6. The lowest BCUT2D eigenvalue weighted by Crippen LogP contribution is -2.44. The predicted molar refractivity (Wildman–Crippen MR) is 57.3 cm³/mol. The third-order valence-electron chi connectivity index (χ3n) is 1.36. The lowest BCUT2D eigenvalue weighted by Gasteiger charge is -2.29. The Balaban J connectivity index is 4.51. The highest BCUT2D eigenvalue weighted by Crippen LogP contribution is 2.17. The van der Waals surface area contributed by atoms with Crippen LogP contribution in [0.15, 0.2) is 0 Å². The second-order valence-electron chi connectivity index (χ2n) is 3.82. The van der Waals surface area contributed by atoms with Crippen molar-refractivity contribution in [2.45, 2.75) is 32.5 Å². The third kappa shape index (κ3) is 5.81. The van der Waals surface area contributed by atoms with Crippen LogP contribution >= 0.6 is 0 Å². The van der Waals surface area contributed by atoms with Crippen LogP contribution in [0.4, 0.5) is 0 Å². The van der Waals surface area contributed by atoms with Crippen molar-refractivity contribution in [3.8, 4) is 12.3 Å². The molecule has 0 aliphatic heterocycles. The number of rotatable bonds is 4. The van der Waals surface area contributed by atoms with E-state index in [9.17, 15) is 4.79 Å². The van der Waals surface area contributed by atoms with E-state index in [-0.39, 0.29) is 0 Å². The first-order chi connectivity index (χ1) is 6.72. The average molecular weight is 226 g/mol. The minimum atomic E-state index is -2.65. The molecule has 0 heterocycles. The van der Waals surface area contributed by atoms with E-state index in [1.807, 2.05) is 0 Å². The molecule has 0 rings (SSSR count). The van der Waals surface area contributed by atoms with E-state index in [1.54, 1.807) is 26.9 Å². The summed E-state index contributed by atoms with van der Waals surface area (Å²) < 4.78 is 10.5. The molecule has 0 saturated carbocycles. The molecule has 0 spiro atoms. The van der Waals surface area contributed by atoms with Gasteiger partial charge in [0, 0.05) is 0 Å². The number of terminal acetylenes is 1. The minimum absolute atomic E-state index is 0.668. The lowest BCUT2D eigenvalue weighted by molar-refractivity contribution is -0.132. The molecule has 0 fully saturated rings. The fourth-order valence-electron chi connectivity index (χ4n) is 0.981. The number of hydrogen-bond acceptors (Lipinski definition) is 3. The number of carbonyl (C=O) groups excluding carboxylic acids is 1. The monoisotopic (exact) mass is 226 g/mol. The smallest absolute Gasteiger partial charge is 0.401 e. The molecular formula is C9H14N2O3Si. The molecule has 0 aliphatic carbocycles. The Morgan fingerprint density at radius 2 is 2.13 bits per heavy atom. The highest BCUT2D eigenvalue weighted by Gasteiger charge is 2.35. The van der Waals surface area contributed by atoms with E-state index in [4.69, 9.17) is 20.8 Å². The van der Waals surface area contributed by atoms with Crippen LogP contribution < -0.4 is 0 Å². The summed E-state index contributed by atoms with van der Waals surface area (Å²) in [4.78, 5) is 13.6. The topological polar surface area (TPSA) is 71.9 Å². The van der Waals surface area contributed by atoms with Crippen molar-refractivity contribution in [1.82, 2.24) is 0 Å². The fourth-order valence-corrected chi connectivity index (χ4v) is 2.85. The first-order valence-corrected chi connectivity index (χ1v) is 7.12. The summed E-state index contributed by atoms with van der Waals surface area (Å²) in [5.41, 5.74) is 7.34. The van der Waals surface area contributed by atoms with Gasteiger partial charge in [0.2, 0.25) is 0 Å². The van der Waals surface area contributed by atoms with Gasteiger partial charge in [0.25, 0.3) is 0 Å². The molecule has 6 heteroatoms. The Morgan fingerprint density at radius 3 is 2.53 bits per heavy atom. The Hall–Kier alpha value is -1.41. The molecule has 0 radical (unpaired) electrons. The lowest BCUT2D eigenvalue weighted by atomic mass is 10.2. The molecule has 0 unspecified atom stereocenters. The zero-order valence-corrected chi connectivity index (χ0v) is 10.3. The van der Waals surface area contributed by atoms with E-state index in [1.165, 1.54) is 0 Å². The van der Waals surface area contributed by atoms with Crippen molar-refractivity contribution < 1.29 is 18.4 Å². The molecule has 0 atom stereocenters. The van der Waals surface area contributed by atoms with E-state index in [2.05, 4.69) is 10.7 Å². The predicted octanol–water partition coefficient (Wildman–Crippen LogP) is 0.960. The molecule has 0 bridgehead atoms. The second-order valence-corrected chi connectivity index (χ2v) is 7.03. The summed E-state index contributed by atoms with van der Waals surface area (Å²) in [5.74, 6) is 1.69. The van der Waals surface area contributed by atoms with Crippen LogP contribution in [-0.4, -0.2) is 31.1 Å². The van der Waals surface area contributed by atoms with Crippen molar-refractivity contribution >= 4 is 20.7 Å². The summed E-state index contributed by atoms with van der Waals surface area (Å²) in [6.07, 6.45) is 5.91. The van der Waals surface area contributed by atoms with Crippen LogP contribution in [0.25, 0.3) is 5.53 Å². The van der Waals surface area contributed by atoms with E-state index in [0.717, 1.165) is 0 Å². The van der Waals surface area contributed by atoms with Crippen LogP contribution in [-0.2, 0) is 13.6 Å². The number of carbonyl (C=O) groups is 1. The minimum Gasteiger partial charge on any atom is -0.486 e. The number of nitrogens with zero attached hydrogens (tertiary/aromatic N) is 2. The largest absolute Gasteiger partial charge is 0.486 e. The van der Waals surface area contributed by atoms with Gasteiger partial charge in [-0.1, -0.05) is 5.92 Å². The van der Waals surface area contributed by atoms with Gasteiger partial charge in [0.1, 0.15) is 5.60 Å². The van der Waals surface area contributed by atoms with Crippen LogP contribution in [0, 0.1) is 12.3 Å². The molecule has 5 nitrogen and oxygen atoms in total. The van der Waals surface area contributed by atoms with Crippen LogP contribution in [0.3, 0.4) is 0 Å². The Morgan fingerprint density at radius 1 is 1.60 bits per heavy atom. The van der Waals surface area contributed by atoms with E-state index >= 15 is 0 Å². The van der Waals surface area contributed by atoms with Gasteiger partial charge in [0.15, 0.2) is 0 Å². The molecule has 0 amide bonds. The van der Waals surface area contributed by atoms with Crippen LogP contribution in [0.5, 0.6) is 0 Å². The van der Waals surface area contributed by atoms with Gasteiger partial charge in [-0.25, -0.2) is 4.79 Å². The molecule has 82 valence electrons. The molecular weight excluding hydrogens is 212 g/mol. The summed E-state index contributed by atoms with van der Waals surface area (Å²) in [7, 11) is -2.65. The van der Waals surface area contributed by atoms with Crippen LogP contribution in [0.1, 0.15) is 13.8 Å². The Kier molecular flexibility index (Phi) is 4.43. The molecule has 0 aliphatic rings. The summed E-state index contributed by atoms with van der Waals surface area (Å²) in [6, 6.07) is 0. The van der Waals surface area contributed by atoms with Gasteiger partial charge >= 0.3 is 20.7 Å². The third-order valence-corrected chi connectivity index (χ3v) is 3.05. The SMILES string of the molecule is C#CC(C)(C)O[Si](C)(C)OC(=O)C=[N+]=[N-]. The zero-order valence-electron chi connectivity index (χ0n) is 9.27. The van der Waals surface area contributed by atoms with Gasteiger partial charge in [-0.3, -0.25) is 0 Å². The van der Waals surface area contributed by atoms with Crippen molar-refractivity contribution in [1.29, 1.82) is 0 Å². The van der Waals surface area contributed by atoms with Gasteiger partial charge in [-0.05, 0) is 26.9 Å². The average Bonchev–Trinajstić information content (AvgIpc) is 2.01. The quantitative estimate of drug-likeness (QED) is 0.236. The van der Waals surface area contributed by atoms with Gasteiger partial charge in [0.05, 0.1) is 0 Å². The van der Waals surface area contributed by atoms with E-state index < -0.39 is 20.1 Å². The van der Waals surface area contributed by atoms with Crippen molar-refractivity contribution in [3.05, 3.63) is 5.53 Å². The summed E-state index contributed by atoms with van der Waals surface area (Å²) in [6.45, 7) is 6.76. The molecule has 0 N–H and O–H groups in total. The maximum atomic E-state index is 11.0. The van der Waals surface area contributed by atoms with Crippen LogP contribution in [0.2, 0.25) is 13.1 Å². The van der Waals surface area contributed by atoms with Gasteiger partial charge in [-0.15, -0.1) is 6.42 Å². The molecule has 0 aromatic heterocycles. The molecule has 0 aromatic carbocycles. The zero-order chi connectivity index (χ0) is 12.1. The maximum absolute atomic E-state index is 11.0. The van der Waals surface area contributed by atoms with Crippen molar-refractivity contribution in [2.24, 2.45) is 0 Å². The molecule has 0 saturated heterocycles. The normalized spacial score (nSPS) is 11.1. The molecule has 0 aromatic rings. The first-order valence-electron chi connectivity index (χ1n) is 4.31. The summed E-state index contributed by atoms with van der Waals surface area (Å²) >= 11 is 0. The summed E-state index contributed by atoms with van der Waals surface area (Å²) in [5, 5.41) is 0. The Bertz CT molecular complexity index is 338.